The summed E-state index contributed by atoms with van der Waals surface area (Å²) in [7, 11) is 0. The third-order valence-electron chi connectivity index (χ3n) is 4.89. The lowest BCUT2D eigenvalue weighted by Crippen LogP contribution is -2.41. The molecule has 0 spiro atoms. The Kier molecular flexibility index (Phi) is 5.44. The van der Waals surface area contributed by atoms with Crippen molar-refractivity contribution >= 4 is 5.91 Å². The number of amides is 1. The van der Waals surface area contributed by atoms with Crippen molar-refractivity contribution in [2.45, 2.75) is 71.6 Å². The summed E-state index contributed by atoms with van der Waals surface area (Å²) >= 11 is 0. The molecule has 0 aromatic rings. The van der Waals surface area contributed by atoms with Gasteiger partial charge in [0.15, 0.2) is 0 Å². The predicted octanol–water partition coefficient (Wildman–Crippen LogP) is 2.05. The van der Waals surface area contributed by atoms with Crippen LogP contribution >= 0.6 is 0 Å². The van der Waals surface area contributed by atoms with Crippen LogP contribution in [0.4, 0.5) is 0 Å². The Labute approximate surface area is 123 Å². The summed E-state index contributed by atoms with van der Waals surface area (Å²) in [5.74, 6) is 0.663. The van der Waals surface area contributed by atoms with E-state index in [2.05, 4.69) is 37.9 Å². The highest BCUT2D eigenvalue weighted by Crippen LogP contribution is 2.19. The van der Waals surface area contributed by atoms with Gasteiger partial charge in [-0.25, -0.2) is 0 Å². The minimum absolute atomic E-state index is 0.0129. The fourth-order valence-corrected chi connectivity index (χ4v) is 3.51. The number of carbonyl (C=O) groups excluding carboxylic acids is 1. The van der Waals surface area contributed by atoms with Crippen LogP contribution in [0.3, 0.4) is 0 Å². The van der Waals surface area contributed by atoms with Crippen LogP contribution in [0.2, 0.25) is 0 Å². The molecule has 0 saturated carbocycles. The summed E-state index contributed by atoms with van der Waals surface area (Å²) in [6, 6.07) is 0.732. The van der Waals surface area contributed by atoms with E-state index in [1.165, 1.54) is 25.8 Å². The number of piperidine rings is 1. The van der Waals surface area contributed by atoms with Gasteiger partial charge in [0.1, 0.15) is 0 Å². The zero-order valence-corrected chi connectivity index (χ0v) is 13.6. The molecule has 3 unspecified atom stereocenters. The van der Waals surface area contributed by atoms with Crippen molar-refractivity contribution in [1.82, 2.24) is 15.1 Å². The summed E-state index contributed by atoms with van der Waals surface area (Å²) in [4.78, 5) is 17.0. The molecular weight excluding hydrogens is 250 g/mol. The molecule has 116 valence electrons. The van der Waals surface area contributed by atoms with Crippen molar-refractivity contribution in [3.05, 3.63) is 0 Å². The fraction of sp³-hybridized carbons (Fsp3) is 0.938. The van der Waals surface area contributed by atoms with E-state index in [1.54, 1.807) is 0 Å². The SMILES string of the molecule is CC(C)C1NC(C)N(CCCN2CCCCC2C)C1=O. The molecule has 2 aliphatic heterocycles. The average Bonchev–Trinajstić information content (AvgIpc) is 2.68. The minimum Gasteiger partial charge on any atom is -0.326 e. The smallest absolute Gasteiger partial charge is 0.241 e. The quantitative estimate of drug-likeness (QED) is 0.838. The Balaban J connectivity index is 1.77. The third kappa shape index (κ3) is 3.53. The van der Waals surface area contributed by atoms with Crippen LogP contribution in [0.5, 0.6) is 0 Å². The Morgan fingerprint density at radius 3 is 2.60 bits per heavy atom. The number of carbonyl (C=O) groups is 1. The molecule has 4 nitrogen and oxygen atoms in total. The summed E-state index contributed by atoms with van der Waals surface area (Å²) in [6.45, 7) is 11.9. The second-order valence-corrected chi connectivity index (χ2v) is 6.83. The highest BCUT2D eigenvalue weighted by atomic mass is 16.2. The molecule has 0 radical (unpaired) electrons. The van der Waals surface area contributed by atoms with Crippen molar-refractivity contribution < 1.29 is 4.79 Å². The molecule has 2 heterocycles. The molecule has 0 aliphatic carbocycles. The van der Waals surface area contributed by atoms with Gasteiger partial charge < -0.3 is 9.80 Å². The Bertz CT molecular complexity index is 332. The minimum atomic E-state index is 0.0129. The number of hydrogen-bond donors (Lipinski definition) is 1. The summed E-state index contributed by atoms with van der Waals surface area (Å²) < 4.78 is 0. The maximum atomic E-state index is 12.4. The first-order valence-electron chi connectivity index (χ1n) is 8.31. The van der Waals surface area contributed by atoms with Crippen molar-refractivity contribution in [3.63, 3.8) is 0 Å². The number of likely N-dealkylation sites (tertiary alicyclic amines) is 1. The normalized spacial score (nSPS) is 32.4. The maximum absolute atomic E-state index is 12.4. The highest BCUT2D eigenvalue weighted by molar-refractivity contribution is 5.84. The standard InChI is InChI=1S/C16H31N3O/c1-12(2)15-16(20)19(14(4)17-15)11-7-10-18-9-6-5-8-13(18)3/h12-15,17H,5-11H2,1-4H3. The van der Waals surface area contributed by atoms with E-state index in [1.807, 2.05) is 4.90 Å². The van der Waals surface area contributed by atoms with Gasteiger partial charge in [0.25, 0.3) is 0 Å². The number of nitrogens with zero attached hydrogens (tertiary/aromatic N) is 2. The monoisotopic (exact) mass is 281 g/mol. The number of hydrogen-bond acceptors (Lipinski definition) is 3. The average molecular weight is 281 g/mol. The van der Waals surface area contributed by atoms with Gasteiger partial charge in [-0.1, -0.05) is 20.3 Å². The van der Waals surface area contributed by atoms with E-state index >= 15 is 0 Å². The first kappa shape index (κ1) is 15.8. The van der Waals surface area contributed by atoms with Gasteiger partial charge in [0.05, 0.1) is 12.2 Å². The lowest BCUT2D eigenvalue weighted by atomic mass is 10.0. The Hall–Kier alpha value is -0.610. The van der Waals surface area contributed by atoms with Crippen molar-refractivity contribution in [2.24, 2.45) is 5.92 Å². The van der Waals surface area contributed by atoms with Crippen LogP contribution in [0, 0.1) is 5.92 Å². The molecule has 2 fully saturated rings. The van der Waals surface area contributed by atoms with Crippen LogP contribution in [0.1, 0.15) is 53.4 Å². The molecular formula is C16H31N3O. The van der Waals surface area contributed by atoms with E-state index in [0.717, 1.165) is 25.6 Å². The molecule has 1 N–H and O–H groups in total. The van der Waals surface area contributed by atoms with Gasteiger partial charge in [-0.3, -0.25) is 10.1 Å². The van der Waals surface area contributed by atoms with Gasteiger partial charge >= 0.3 is 0 Å². The Morgan fingerprint density at radius 1 is 1.25 bits per heavy atom. The predicted molar refractivity (Wildman–Crippen MR) is 82.4 cm³/mol. The van der Waals surface area contributed by atoms with E-state index in [0.29, 0.717) is 11.8 Å². The molecule has 2 saturated heterocycles. The highest BCUT2D eigenvalue weighted by Gasteiger charge is 2.37. The van der Waals surface area contributed by atoms with E-state index < -0.39 is 0 Å². The lowest BCUT2D eigenvalue weighted by Gasteiger charge is -2.34. The third-order valence-corrected chi connectivity index (χ3v) is 4.89. The van der Waals surface area contributed by atoms with Crippen LogP contribution < -0.4 is 5.32 Å². The second kappa shape index (κ2) is 6.90. The van der Waals surface area contributed by atoms with Gasteiger partial charge in [0.2, 0.25) is 5.91 Å². The van der Waals surface area contributed by atoms with Crippen molar-refractivity contribution in [2.75, 3.05) is 19.6 Å². The summed E-state index contributed by atoms with van der Waals surface area (Å²) in [5, 5.41) is 3.41. The number of rotatable bonds is 5. The van der Waals surface area contributed by atoms with Gasteiger partial charge in [-0.15, -0.1) is 0 Å². The molecule has 0 aromatic carbocycles. The van der Waals surface area contributed by atoms with Gasteiger partial charge in [-0.2, -0.15) is 0 Å². The largest absolute Gasteiger partial charge is 0.326 e. The van der Waals surface area contributed by atoms with Crippen LogP contribution in [0.15, 0.2) is 0 Å². The maximum Gasteiger partial charge on any atom is 0.241 e. The topological polar surface area (TPSA) is 35.6 Å². The van der Waals surface area contributed by atoms with Crippen LogP contribution in [-0.4, -0.2) is 53.6 Å². The molecule has 1 amide bonds. The van der Waals surface area contributed by atoms with Gasteiger partial charge in [0, 0.05) is 19.1 Å². The van der Waals surface area contributed by atoms with Crippen LogP contribution in [0.25, 0.3) is 0 Å². The lowest BCUT2D eigenvalue weighted by molar-refractivity contribution is -0.130. The zero-order valence-electron chi connectivity index (χ0n) is 13.6. The molecule has 2 rings (SSSR count). The van der Waals surface area contributed by atoms with Crippen molar-refractivity contribution in [3.8, 4) is 0 Å². The number of nitrogens with one attached hydrogen (secondary N) is 1. The zero-order chi connectivity index (χ0) is 14.7. The summed E-state index contributed by atoms with van der Waals surface area (Å²) in [5.41, 5.74) is 0. The molecule has 3 atom stereocenters. The second-order valence-electron chi connectivity index (χ2n) is 6.83. The van der Waals surface area contributed by atoms with Gasteiger partial charge in [-0.05, 0) is 45.6 Å². The van der Waals surface area contributed by atoms with E-state index in [9.17, 15) is 4.79 Å². The molecule has 0 aromatic heterocycles. The Morgan fingerprint density at radius 2 is 2.00 bits per heavy atom. The van der Waals surface area contributed by atoms with E-state index in [-0.39, 0.29) is 12.2 Å². The fourth-order valence-electron chi connectivity index (χ4n) is 3.51. The first-order valence-corrected chi connectivity index (χ1v) is 8.31. The molecule has 0 bridgehead atoms. The first-order chi connectivity index (χ1) is 9.50. The van der Waals surface area contributed by atoms with Crippen molar-refractivity contribution in [1.29, 1.82) is 0 Å². The molecule has 2 aliphatic rings. The molecule has 4 heteroatoms. The molecule has 20 heavy (non-hydrogen) atoms. The van der Waals surface area contributed by atoms with E-state index in [4.69, 9.17) is 0 Å². The van der Waals surface area contributed by atoms with Crippen LogP contribution in [-0.2, 0) is 4.79 Å². The summed E-state index contributed by atoms with van der Waals surface area (Å²) in [6.07, 6.45) is 5.32.